The first kappa shape index (κ1) is 13.8. The van der Waals surface area contributed by atoms with E-state index in [2.05, 4.69) is 20.9 Å². The average Bonchev–Trinajstić information content (AvgIpc) is 2.33. The largest absolute Gasteiger partial charge is 0.333 e. The number of benzene rings is 1. The lowest BCUT2D eigenvalue weighted by Gasteiger charge is -2.06. The van der Waals surface area contributed by atoms with Crippen molar-refractivity contribution < 1.29 is 4.79 Å². The number of aromatic nitrogens is 2. The maximum absolute atomic E-state index is 12.1. The van der Waals surface area contributed by atoms with Crippen LogP contribution in [0, 0.1) is 0 Å². The molecule has 0 bridgehead atoms. The average molecular weight is 344 g/mol. The van der Waals surface area contributed by atoms with Crippen LogP contribution in [0.25, 0.3) is 5.69 Å². The van der Waals surface area contributed by atoms with Crippen LogP contribution in [0.5, 0.6) is 0 Å². The Morgan fingerprint density at radius 2 is 2.05 bits per heavy atom. The van der Waals surface area contributed by atoms with Crippen LogP contribution in [0.3, 0.4) is 0 Å². The molecule has 0 radical (unpaired) electrons. The van der Waals surface area contributed by atoms with Crippen molar-refractivity contribution in [3.05, 3.63) is 60.3 Å². The highest BCUT2D eigenvalue weighted by molar-refractivity contribution is 9.10. The van der Waals surface area contributed by atoms with Gasteiger partial charge in [-0.05, 0) is 41.1 Å². The van der Waals surface area contributed by atoms with E-state index in [1.807, 2.05) is 0 Å². The van der Waals surface area contributed by atoms with Crippen LogP contribution in [0.15, 0.2) is 38.5 Å². The second-order valence-corrected chi connectivity index (χ2v) is 5.06. The van der Waals surface area contributed by atoms with Gasteiger partial charge >= 0.3 is 5.69 Å². The third-order valence-electron chi connectivity index (χ3n) is 2.52. The molecule has 0 aliphatic carbocycles. The maximum atomic E-state index is 12.1. The van der Waals surface area contributed by atoms with Gasteiger partial charge in [0.05, 0.1) is 16.3 Å². The predicted octanol–water partition coefficient (Wildman–Crippen LogP) is 2.14. The van der Waals surface area contributed by atoms with Gasteiger partial charge in [0.1, 0.15) is 0 Å². The third kappa shape index (κ3) is 2.54. The van der Waals surface area contributed by atoms with Crippen molar-refractivity contribution in [1.29, 1.82) is 0 Å². The Morgan fingerprint density at radius 1 is 1.37 bits per heavy atom. The second-order valence-electron chi connectivity index (χ2n) is 3.80. The van der Waals surface area contributed by atoms with E-state index in [9.17, 15) is 14.4 Å². The normalized spacial score (nSPS) is 10.5. The van der Waals surface area contributed by atoms with Gasteiger partial charge in [0.15, 0.2) is 5.78 Å². The summed E-state index contributed by atoms with van der Waals surface area (Å²) in [5.74, 6) is -0.418. The number of Topliss-reactive ketones (excluding diaryl/α,β-unsaturated/α-hetero) is 1. The molecule has 0 fully saturated rings. The van der Waals surface area contributed by atoms with Gasteiger partial charge < -0.3 is 4.98 Å². The molecule has 1 aromatic carbocycles. The zero-order chi connectivity index (χ0) is 14.2. The van der Waals surface area contributed by atoms with Crippen LogP contribution in [0.1, 0.15) is 17.3 Å². The van der Waals surface area contributed by atoms with Crippen molar-refractivity contribution in [3.63, 3.8) is 0 Å². The number of nitrogens with zero attached hydrogens (tertiary/aromatic N) is 1. The molecule has 0 aliphatic rings. The molecule has 0 amide bonds. The zero-order valence-corrected chi connectivity index (χ0v) is 12.1. The van der Waals surface area contributed by atoms with Crippen LogP contribution < -0.4 is 11.2 Å². The van der Waals surface area contributed by atoms with E-state index < -0.39 is 17.0 Å². The predicted molar refractivity (Wildman–Crippen MR) is 75.4 cm³/mol. The number of carbonyl (C=O) groups excluding carboxylic acids is 1. The minimum absolute atomic E-state index is 0.0846. The Labute approximate surface area is 121 Å². The standard InChI is InChI=1S/C12H8BrClN2O3/c1-6(17)8-5-15-12(19)16(11(8)18)7-2-3-9(13)10(14)4-7/h2-5H,1H3,(H,15,19). The molecule has 98 valence electrons. The minimum Gasteiger partial charge on any atom is -0.313 e. The second kappa shape index (κ2) is 5.14. The van der Waals surface area contributed by atoms with E-state index >= 15 is 0 Å². The van der Waals surface area contributed by atoms with Crippen LogP contribution in [0.4, 0.5) is 0 Å². The van der Waals surface area contributed by atoms with Gasteiger partial charge in [0, 0.05) is 10.7 Å². The minimum atomic E-state index is -0.672. The van der Waals surface area contributed by atoms with Crippen LogP contribution in [-0.2, 0) is 0 Å². The molecule has 0 saturated carbocycles. The molecule has 1 N–H and O–H groups in total. The molecule has 2 rings (SSSR count). The molecular formula is C12H8BrClN2O3. The Kier molecular flexibility index (Phi) is 3.73. The van der Waals surface area contributed by atoms with Gasteiger partial charge in [0.25, 0.3) is 5.56 Å². The number of hydrogen-bond donors (Lipinski definition) is 1. The van der Waals surface area contributed by atoms with Crippen LogP contribution in [0.2, 0.25) is 5.02 Å². The lowest BCUT2D eigenvalue weighted by Crippen LogP contribution is -2.36. The molecule has 0 spiro atoms. The summed E-state index contributed by atoms with van der Waals surface area (Å²) >= 11 is 9.15. The van der Waals surface area contributed by atoms with E-state index in [1.165, 1.54) is 13.0 Å². The van der Waals surface area contributed by atoms with Gasteiger partial charge in [-0.3, -0.25) is 9.59 Å². The topological polar surface area (TPSA) is 71.9 Å². The molecule has 7 heteroatoms. The van der Waals surface area contributed by atoms with Crippen molar-refractivity contribution in [2.24, 2.45) is 0 Å². The number of H-pyrrole nitrogens is 1. The van der Waals surface area contributed by atoms with Crippen molar-refractivity contribution >= 4 is 33.3 Å². The number of nitrogens with one attached hydrogen (secondary N) is 1. The summed E-state index contributed by atoms with van der Waals surface area (Å²) in [6.45, 7) is 1.26. The first-order chi connectivity index (χ1) is 8.91. The van der Waals surface area contributed by atoms with Crippen LogP contribution in [-0.4, -0.2) is 15.3 Å². The van der Waals surface area contributed by atoms with Gasteiger partial charge in [-0.2, -0.15) is 0 Å². The lowest BCUT2D eigenvalue weighted by molar-refractivity contribution is 0.101. The number of hydrogen-bond acceptors (Lipinski definition) is 3. The first-order valence-corrected chi connectivity index (χ1v) is 6.40. The molecule has 0 aliphatic heterocycles. The number of carbonyl (C=O) groups is 1. The monoisotopic (exact) mass is 342 g/mol. The van der Waals surface area contributed by atoms with Crippen molar-refractivity contribution in [3.8, 4) is 5.69 Å². The lowest BCUT2D eigenvalue weighted by atomic mass is 10.2. The maximum Gasteiger partial charge on any atom is 0.333 e. The van der Waals surface area contributed by atoms with Crippen molar-refractivity contribution in [2.45, 2.75) is 6.92 Å². The Bertz CT molecular complexity index is 779. The summed E-state index contributed by atoms with van der Waals surface area (Å²) in [7, 11) is 0. The van der Waals surface area contributed by atoms with E-state index in [0.29, 0.717) is 15.2 Å². The fourth-order valence-electron chi connectivity index (χ4n) is 1.58. The Hall–Kier alpha value is -1.66. The molecule has 1 heterocycles. The van der Waals surface area contributed by atoms with E-state index in [1.54, 1.807) is 12.1 Å². The molecule has 0 atom stereocenters. The molecule has 19 heavy (non-hydrogen) atoms. The van der Waals surface area contributed by atoms with E-state index in [0.717, 1.165) is 10.8 Å². The van der Waals surface area contributed by atoms with E-state index in [4.69, 9.17) is 11.6 Å². The number of rotatable bonds is 2. The fraction of sp³-hybridized carbons (Fsp3) is 0.0833. The SMILES string of the molecule is CC(=O)c1c[nH]c(=O)n(-c2ccc(Br)c(Cl)c2)c1=O. The highest BCUT2D eigenvalue weighted by atomic mass is 79.9. The fourth-order valence-corrected chi connectivity index (χ4v) is 2.01. The molecule has 0 saturated heterocycles. The van der Waals surface area contributed by atoms with Gasteiger partial charge in [-0.15, -0.1) is 0 Å². The summed E-state index contributed by atoms with van der Waals surface area (Å²) in [4.78, 5) is 37.5. The summed E-state index contributed by atoms with van der Waals surface area (Å²) in [5.41, 5.74) is -1.09. The number of halogens is 2. The Balaban J connectivity index is 2.78. The summed E-state index contributed by atoms with van der Waals surface area (Å²) in [6.07, 6.45) is 1.12. The summed E-state index contributed by atoms with van der Waals surface area (Å²) in [5, 5.41) is 0.358. The zero-order valence-electron chi connectivity index (χ0n) is 9.74. The molecule has 5 nitrogen and oxygen atoms in total. The van der Waals surface area contributed by atoms with Gasteiger partial charge in [-0.1, -0.05) is 11.6 Å². The number of aromatic amines is 1. The van der Waals surface area contributed by atoms with Crippen molar-refractivity contribution in [1.82, 2.24) is 9.55 Å². The number of ketones is 1. The molecule has 0 unspecified atom stereocenters. The Morgan fingerprint density at radius 3 is 2.63 bits per heavy atom. The van der Waals surface area contributed by atoms with Crippen molar-refractivity contribution in [2.75, 3.05) is 0 Å². The molecule has 2 aromatic rings. The molecule has 1 aromatic heterocycles. The summed E-state index contributed by atoms with van der Waals surface area (Å²) < 4.78 is 1.51. The molecular weight excluding hydrogens is 336 g/mol. The summed E-state index contributed by atoms with van der Waals surface area (Å²) in [6, 6.07) is 4.63. The van der Waals surface area contributed by atoms with Gasteiger partial charge in [0.2, 0.25) is 0 Å². The highest BCUT2D eigenvalue weighted by Gasteiger charge is 2.13. The highest BCUT2D eigenvalue weighted by Crippen LogP contribution is 2.23. The van der Waals surface area contributed by atoms with E-state index in [-0.39, 0.29) is 5.56 Å². The third-order valence-corrected chi connectivity index (χ3v) is 3.75. The first-order valence-electron chi connectivity index (χ1n) is 5.23. The van der Waals surface area contributed by atoms with Gasteiger partial charge in [-0.25, -0.2) is 9.36 Å². The van der Waals surface area contributed by atoms with Crippen LogP contribution >= 0.6 is 27.5 Å². The quantitative estimate of drug-likeness (QED) is 0.849. The smallest absolute Gasteiger partial charge is 0.313 e.